The molecule has 0 radical (unpaired) electrons. The number of benzene rings is 1. The van der Waals surface area contributed by atoms with Crippen molar-refractivity contribution < 1.29 is 13.2 Å². The molecule has 1 aromatic carbocycles. The number of nitrogens with zero attached hydrogens (tertiary/aromatic N) is 2. The Kier molecular flexibility index (Phi) is 6.81. The van der Waals surface area contributed by atoms with E-state index in [9.17, 15) is 13.2 Å². The standard InChI is InChI=1S/C19H27N3O3S2/c1-2-3-13-22-16-11-7-8-12-17(16)27(24,25)21-19(22)26-14-18(23)20-15-9-5-4-6-10-15/h7-8,11-12,15H,2-6,9-10,13-14H2,1H3,(H,20,23). The minimum Gasteiger partial charge on any atom is -0.353 e. The maximum atomic E-state index is 12.5. The van der Waals surface area contributed by atoms with Crippen molar-refractivity contribution in [2.24, 2.45) is 4.40 Å². The van der Waals surface area contributed by atoms with Gasteiger partial charge in [0.1, 0.15) is 4.90 Å². The van der Waals surface area contributed by atoms with Gasteiger partial charge in [0.2, 0.25) is 5.91 Å². The van der Waals surface area contributed by atoms with Crippen molar-refractivity contribution in [3.05, 3.63) is 24.3 Å². The van der Waals surface area contributed by atoms with Gasteiger partial charge in [-0.2, -0.15) is 8.42 Å². The number of anilines is 1. The van der Waals surface area contributed by atoms with Crippen molar-refractivity contribution >= 4 is 38.5 Å². The summed E-state index contributed by atoms with van der Waals surface area (Å²) in [6.07, 6.45) is 7.52. The van der Waals surface area contributed by atoms with Gasteiger partial charge < -0.3 is 10.2 Å². The molecular formula is C19H27N3O3S2. The molecule has 1 saturated carbocycles. The summed E-state index contributed by atoms with van der Waals surface area (Å²) in [7, 11) is -3.73. The van der Waals surface area contributed by atoms with Crippen LogP contribution in [0.15, 0.2) is 33.6 Å². The highest BCUT2D eigenvalue weighted by Crippen LogP contribution is 2.34. The van der Waals surface area contributed by atoms with Crippen molar-refractivity contribution in [2.45, 2.75) is 62.8 Å². The van der Waals surface area contributed by atoms with E-state index in [1.807, 2.05) is 11.0 Å². The van der Waals surface area contributed by atoms with E-state index < -0.39 is 10.0 Å². The summed E-state index contributed by atoms with van der Waals surface area (Å²) in [5.41, 5.74) is 0.649. The summed E-state index contributed by atoms with van der Waals surface area (Å²) >= 11 is 1.20. The molecule has 27 heavy (non-hydrogen) atoms. The Morgan fingerprint density at radius 2 is 2.00 bits per heavy atom. The highest BCUT2D eigenvalue weighted by atomic mass is 32.2. The first-order chi connectivity index (χ1) is 13.0. The van der Waals surface area contributed by atoms with E-state index >= 15 is 0 Å². The Morgan fingerprint density at radius 3 is 2.74 bits per heavy atom. The zero-order valence-corrected chi connectivity index (χ0v) is 17.3. The minimum atomic E-state index is -3.73. The van der Waals surface area contributed by atoms with Crippen LogP contribution in [0, 0.1) is 0 Å². The molecule has 0 aromatic heterocycles. The second kappa shape index (κ2) is 9.10. The molecule has 148 valence electrons. The second-order valence-electron chi connectivity index (χ2n) is 7.01. The molecule has 0 atom stereocenters. The predicted octanol–water partition coefficient (Wildman–Crippen LogP) is 3.53. The maximum absolute atomic E-state index is 12.5. The van der Waals surface area contributed by atoms with Gasteiger partial charge in [-0.25, -0.2) is 0 Å². The number of unbranched alkanes of at least 4 members (excludes halogenated alkanes) is 1. The third-order valence-corrected chi connectivity index (χ3v) is 7.31. The topological polar surface area (TPSA) is 78.8 Å². The summed E-state index contributed by atoms with van der Waals surface area (Å²) in [6.45, 7) is 2.77. The fourth-order valence-electron chi connectivity index (χ4n) is 3.49. The van der Waals surface area contributed by atoms with E-state index in [0.717, 1.165) is 38.5 Å². The molecule has 1 amide bonds. The van der Waals surface area contributed by atoms with Crippen molar-refractivity contribution in [1.82, 2.24) is 5.32 Å². The summed E-state index contributed by atoms with van der Waals surface area (Å²) in [6, 6.07) is 7.18. The number of amidine groups is 1. The van der Waals surface area contributed by atoms with Crippen molar-refractivity contribution in [1.29, 1.82) is 0 Å². The molecule has 2 aliphatic rings. The first-order valence-corrected chi connectivity index (χ1v) is 12.1. The Labute approximate surface area is 165 Å². The van der Waals surface area contributed by atoms with Crippen LogP contribution in [0.3, 0.4) is 0 Å². The lowest BCUT2D eigenvalue weighted by atomic mass is 9.95. The summed E-state index contributed by atoms with van der Waals surface area (Å²) in [5, 5.41) is 3.46. The lowest BCUT2D eigenvalue weighted by Gasteiger charge is -2.30. The first kappa shape index (κ1) is 20.2. The van der Waals surface area contributed by atoms with Crippen LogP contribution in [0.5, 0.6) is 0 Å². The molecule has 1 heterocycles. The van der Waals surface area contributed by atoms with Crippen LogP contribution in [-0.2, 0) is 14.8 Å². The van der Waals surface area contributed by atoms with E-state index in [2.05, 4.69) is 16.6 Å². The normalized spacial score (nSPS) is 19.3. The van der Waals surface area contributed by atoms with Gasteiger partial charge in [-0.3, -0.25) is 4.79 Å². The van der Waals surface area contributed by atoms with Crippen LogP contribution in [-0.4, -0.2) is 37.8 Å². The number of amides is 1. The van der Waals surface area contributed by atoms with E-state index in [-0.39, 0.29) is 22.6 Å². The van der Waals surface area contributed by atoms with Gasteiger partial charge in [-0.1, -0.05) is 56.5 Å². The number of sulfonamides is 1. The fraction of sp³-hybridized carbons (Fsp3) is 0.579. The molecule has 8 heteroatoms. The molecule has 1 aromatic rings. The molecule has 1 aliphatic carbocycles. The summed E-state index contributed by atoms with van der Waals surface area (Å²) in [4.78, 5) is 14.5. The molecule has 0 spiro atoms. The molecule has 0 unspecified atom stereocenters. The minimum absolute atomic E-state index is 0.0544. The summed E-state index contributed by atoms with van der Waals surface area (Å²) in [5.74, 6) is 0.122. The molecule has 0 bridgehead atoms. The largest absolute Gasteiger partial charge is 0.353 e. The van der Waals surface area contributed by atoms with Gasteiger partial charge in [0.25, 0.3) is 10.0 Å². The zero-order valence-electron chi connectivity index (χ0n) is 15.7. The lowest BCUT2D eigenvalue weighted by molar-refractivity contribution is -0.119. The van der Waals surface area contributed by atoms with Gasteiger partial charge in [0, 0.05) is 12.6 Å². The first-order valence-electron chi connectivity index (χ1n) is 9.65. The van der Waals surface area contributed by atoms with Crippen molar-refractivity contribution in [2.75, 3.05) is 17.2 Å². The number of para-hydroxylation sites is 1. The van der Waals surface area contributed by atoms with E-state index in [0.29, 0.717) is 17.4 Å². The van der Waals surface area contributed by atoms with Crippen molar-refractivity contribution in [3.63, 3.8) is 0 Å². The molecule has 1 aliphatic heterocycles. The molecule has 1 fully saturated rings. The number of hydrogen-bond acceptors (Lipinski definition) is 5. The highest BCUT2D eigenvalue weighted by Gasteiger charge is 2.31. The average Bonchev–Trinajstić information content (AvgIpc) is 2.66. The summed E-state index contributed by atoms with van der Waals surface area (Å²) < 4.78 is 29.1. The van der Waals surface area contributed by atoms with Crippen LogP contribution in [0.1, 0.15) is 51.9 Å². The van der Waals surface area contributed by atoms with E-state index in [1.165, 1.54) is 18.2 Å². The van der Waals surface area contributed by atoms with Crippen LogP contribution in [0.2, 0.25) is 0 Å². The molecular weight excluding hydrogens is 382 g/mol. The maximum Gasteiger partial charge on any atom is 0.286 e. The Bertz CT molecular complexity index is 802. The van der Waals surface area contributed by atoms with Gasteiger partial charge in [0.15, 0.2) is 5.17 Å². The van der Waals surface area contributed by atoms with Gasteiger partial charge in [0.05, 0.1) is 11.4 Å². The molecule has 1 N–H and O–H groups in total. The van der Waals surface area contributed by atoms with Crippen LogP contribution < -0.4 is 10.2 Å². The Hall–Kier alpha value is -1.54. The van der Waals surface area contributed by atoms with Crippen molar-refractivity contribution in [3.8, 4) is 0 Å². The Balaban J connectivity index is 1.72. The third-order valence-electron chi connectivity index (χ3n) is 4.90. The van der Waals surface area contributed by atoms with Gasteiger partial charge in [-0.15, -0.1) is 4.40 Å². The van der Waals surface area contributed by atoms with Crippen LogP contribution in [0.25, 0.3) is 0 Å². The zero-order chi connectivity index (χ0) is 19.3. The smallest absolute Gasteiger partial charge is 0.286 e. The van der Waals surface area contributed by atoms with Crippen LogP contribution >= 0.6 is 11.8 Å². The third kappa shape index (κ3) is 5.04. The van der Waals surface area contributed by atoms with E-state index in [1.54, 1.807) is 18.2 Å². The number of carbonyl (C=O) groups is 1. The second-order valence-corrected chi connectivity index (χ2v) is 9.53. The van der Waals surface area contributed by atoms with E-state index in [4.69, 9.17) is 0 Å². The number of thioether (sulfide) groups is 1. The quantitative estimate of drug-likeness (QED) is 0.777. The lowest BCUT2D eigenvalue weighted by Crippen LogP contribution is -2.39. The van der Waals surface area contributed by atoms with Gasteiger partial charge in [-0.05, 0) is 31.4 Å². The fourth-order valence-corrected chi connectivity index (χ4v) is 5.78. The number of carbonyl (C=O) groups excluding carboxylic acids is 1. The number of rotatable bonds is 6. The monoisotopic (exact) mass is 409 g/mol. The highest BCUT2D eigenvalue weighted by molar-refractivity contribution is 8.15. The SMILES string of the molecule is CCCCN1C(SCC(=O)NC2CCCCC2)=NS(=O)(=O)c2ccccc21. The van der Waals surface area contributed by atoms with Gasteiger partial charge >= 0.3 is 0 Å². The average molecular weight is 410 g/mol. The predicted molar refractivity (Wildman–Crippen MR) is 111 cm³/mol. The number of nitrogens with one attached hydrogen (secondary N) is 1. The molecule has 3 rings (SSSR count). The molecule has 0 saturated heterocycles. The number of fused-ring (bicyclic) bond motifs is 1. The molecule has 6 nitrogen and oxygen atoms in total. The van der Waals surface area contributed by atoms with Crippen LogP contribution in [0.4, 0.5) is 5.69 Å². The number of hydrogen-bond donors (Lipinski definition) is 1. The Morgan fingerprint density at radius 1 is 1.26 bits per heavy atom.